The van der Waals surface area contributed by atoms with Crippen LogP contribution in [-0.2, 0) is 6.42 Å². The standard InChI is InChI=1S/C15H18N2O/c1-18-14-12(6-7-15(16)8-9-15)10-11-4-2-3-5-13(11)17-14/h2-5,10H,6-9,16H2,1H3. The highest BCUT2D eigenvalue weighted by atomic mass is 16.5. The molecule has 0 aliphatic heterocycles. The highest BCUT2D eigenvalue weighted by Gasteiger charge is 2.37. The first-order valence-corrected chi connectivity index (χ1v) is 6.42. The summed E-state index contributed by atoms with van der Waals surface area (Å²) in [5, 5.41) is 1.16. The number of aryl methyl sites for hydroxylation is 1. The summed E-state index contributed by atoms with van der Waals surface area (Å²) in [4.78, 5) is 4.55. The number of ether oxygens (including phenoxy) is 1. The molecule has 0 bridgehead atoms. The molecule has 0 radical (unpaired) electrons. The molecule has 94 valence electrons. The van der Waals surface area contributed by atoms with Crippen LogP contribution in [0.15, 0.2) is 30.3 Å². The Kier molecular flexibility index (Phi) is 2.71. The van der Waals surface area contributed by atoms with Gasteiger partial charge in [-0.2, -0.15) is 0 Å². The predicted octanol–water partition coefficient (Wildman–Crippen LogP) is 2.67. The van der Waals surface area contributed by atoms with Gasteiger partial charge in [-0.15, -0.1) is 0 Å². The van der Waals surface area contributed by atoms with Gasteiger partial charge in [-0.1, -0.05) is 18.2 Å². The summed E-state index contributed by atoms with van der Waals surface area (Å²) in [6.07, 6.45) is 4.26. The van der Waals surface area contributed by atoms with Crippen molar-refractivity contribution in [1.82, 2.24) is 4.98 Å². The van der Waals surface area contributed by atoms with Crippen molar-refractivity contribution in [3.05, 3.63) is 35.9 Å². The van der Waals surface area contributed by atoms with Gasteiger partial charge >= 0.3 is 0 Å². The third-order valence-corrected chi connectivity index (χ3v) is 3.74. The van der Waals surface area contributed by atoms with E-state index < -0.39 is 0 Å². The fraction of sp³-hybridized carbons (Fsp3) is 0.400. The lowest BCUT2D eigenvalue weighted by atomic mass is 10.0. The van der Waals surface area contributed by atoms with Crippen LogP contribution in [0.2, 0.25) is 0 Å². The van der Waals surface area contributed by atoms with Gasteiger partial charge in [0.05, 0.1) is 12.6 Å². The number of nitrogens with two attached hydrogens (primary N) is 1. The lowest BCUT2D eigenvalue weighted by Crippen LogP contribution is -2.22. The van der Waals surface area contributed by atoms with Crippen LogP contribution in [0.4, 0.5) is 0 Å². The molecular weight excluding hydrogens is 224 g/mol. The highest BCUT2D eigenvalue weighted by molar-refractivity contribution is 5.80. The number of hydrogen-bond donors (Lipinski definition) is 1. The molecule has 1 aliphatic rings. The molecule has 18 heavy (non-hydrogen) atoms. The molecule has 1 aliphatic carbocycles. The van der Waals surface area contributed by atoms with Gasteiger partial charge in [-0.25, -0.2) is 4.98 Å². The quantitative estimate of drug-likeness (QED) is 0.896. The van der Waals surface area contributed by atoms with Crippen LogP contribution in [0.25, 0.3) is 10.9 Å². The fourth-order valence-corrected chi connectivity index (χ4v) is 2.29. The molecule has 3 rings (SSSR count). The third kappa shape index (κ3) is 2.18. The second-order valence-corrected chi connectivity index (χ2v) is 5.21. The number of para-hydroxylation sites is 1. The Morgan fingerprint density at radius 1 is 1.33 bits per heavy atom. The first-order chi connectivity index (χ1) is 8.70. The predicted molar refractivity (Wildman–Crippen MR) is 72.8 cm³/mol. The van der Waals surface area contributed by atoms with E-state index in [0.29, 0.717) is 0 Å². The summed E-state index contributed by atoms with van der Waals surface area (Å²) >= 11 is 0. The van der Waals surface area contributed by atoms with Crippen molar-refractivity contribution >= 4 is 10.9 Å². The van der Waals surface area contributed by atoms with Crippen LogP contribution in [0.5, 0.6) is 5.88 Å². The van der Waals surface area contributed by atoms with Crippen LogP contribution in [-0.4, -0.2) is 17.6 Å². The van der Waals surface area contributed by atoms with E-state index in [1.165, 1.54) is 0 Å². The average Bonchev–Trinajstić information content (AvgIpc) is 3.14. The molecule has 3 heteroatoms. The second-order valence-electron chi connectivity index (χ2n) is 5.21. The van der Waals surface area contributed by atoms with E-state index in [1.807, 2.05) is 18.2 Å². The van der Waals surface area contributed by atoms with Crippen LogP contribution in [0, 0.1) is 0 Å². The van der Waals surface area contributed by atoms with Gasteiger partial charge in [0, 0.05) is 16.5 Å². The van der Waals surface area contributed by atoms with E-state index in [9.17, 15) is 0 Å². The van der Waals surface area contributed by atoms with Gasteiger partial charge in [0.1, 0.15) is 0 Å². The fourth-order valence-electron chi connectivity index (χ4n) is 2.29. The normalized spacial score (nSPS) is 16.8. The van der Waals surface area contributed by atoms with Gasteiger partial charge in [0.2, 0.25) is 5.88 Å². The molecular formula is C15H18N2O. The minimum absolute atomic E-state index is 0.0800. The summed E-state index contributed by atoms with van der Waals surface area (Å²) < 4.78 is 5.39. The number of aromatic nitrogens is 1. The van der Waals surface area contributed by atoms with E-state index in [2.05, 4.69) is 17.1 Å². The summed E-state index contributed by atoms with van der Waals surface area (Å²) in [7, 11) is 1.68. The zero-order valence-corrected chi connectivity index (χ0v) is 10.6. The van der Waals surface area contributed by atoms with Crippen molar-refractivity contribution in [2.75, 3.05) is 7.11 Å². The van der Waals surface area contributed by atoms with Crippen LogP contribution in [0.3, 0.4) is 0 Å². The SMILES string of the molecule is COc1nc2ccccc2cc1CCC1(N)CC1. The molecule has 0 unspecified atom stereocenters. The Labute approximate surface area is 107 Å². The van der Waals surface area contributed by atoms with Crippen molar-refractivity contribution < 1.29 is 4.74 Å². The molecule has 1 aromatic carbocycles. The van der Waals surface area contributed by atoms with E-state index in [4.69, 9.17) is 10.5 Å². The third-order valence-electron chi connectivity index (χ3n) is 3.74. The maximum absolute atomic E-state index is 6.14. The maximum Gasteiger partial charge on any atom is 0.216 e. The van der Waals surface area contributed by atoms with Gasteiger partial charge in [-0.05, 0) is 37.8 Å². The Bertz CT molecular complexity index is 576. The number of rotatable bonds is 4. The maximum atomic E-state index is 6.14. The number of hydrogen-bond acceptors (Lipinski definition) is 3. The molecule has 0 spiro atoms. The Morgan fingerprint density at radius 2 is 2.11 bits per heavy atom. The zero-order valence-electron chi connectivity index (χ0n) is 10.6. The number of nitrogens with zero attached hydrogens (tertiary/aromatic N) is 1. The molecule has 3 nitrogen and oxygen atoms in total. The monoisotopic (exact) mass is 242 g/mol. The topological polar surface area (TPSA) is 48.1 Å². The van der Waals surface area contributed by atoms with E-state index in [-0.39, 0.29) is 5.54 Å². The zero-order chi connectivity index (χ0) is 12.6. The van der Waals surface area contributed by atoms with Crippen LogP contribution >= 0.6 is 0 Å². The molecule has 1 saturated carbocycles. The molecule has 1 fully saturated rings. The number of pyridine rings is 1. The molecule has 1 heterocycles. The van der Waals surface area contributed by atoms with Crippen molar-refractivity contribution in [2.45, 2.75) is 31.2 Å². The highest BCUT2D eigenvalue weighted by Crippen LogP contribution is 2.37. The molecule has 1 aromatic heterocycles. The van der Waals surface area contributed by atoms with Crippen LogP contribution in [0.1, 0.15) is 24.8 Å². The van der Waals surface area contributed by atoms with E-state index >= 15 is 0 Å². The lowest BCUT2D eigenvalue weighted by molar-refractivity contribution is 0.392. The first-order valence-electron chi connectivity index (χ1n) is 6.42. The van der Waals surface area contributed by atoms with Gasteiger partial charge in [0.25, 0.3) is 0 Å². The Balaban J connectivity index is 1.93. The Morgan fingerprint density at radius 3 is 2.83 bits per heavy atom. The second kappa shape index (κ2) is 4.25. The first kappa shape index (κ1) is 11.5. The van der Waals surface area contributed by atoms with Crippen molar-refractivity contribution in [2.24, 2.45) is 5.73 Å². The summed E-state index contributed by atoms with van der Waals surface area (Å²) in [5.41, 5.74) is 8.36. The van der Waals surface area contributed by atoms with Crippen LogP contribution < -0.4 is 10.5 Å². The largest absolute Gasteiger partial charge is 0.481 e. The van der Waals surface area contributed by atoms with Gasteiger partial charge in [-0.3, -0.25) is 0 Å². The summed E-state index contributed by atoms with van der Waals surface area (Å²) in [5.74, 6) is 0.734. The summed E-state index contributed by atoms with van der Waals surface area (Å²) in [6, 6.07) is 10.3. The minimum Gasteiger partial charge on any atom is -0.481 e. The Hall–Kier alpha value is -1.61. The smallest absolute Gasteiger partial charge is 0.216 e. The van der Waals surface area contributed by atoms with Gasteiger partial charge < -0.3 is 10.5 Å². The van der Waals surface area contributed by atoms with Crippen molar-refractivity contribution in [1.29, 1.82) is 0 Å². The number of benzene rings is 1. The van der Waals surface area contributed by atoms with E-state index in [0.717, 1.165) is 48.0 Å². The minimum atomic E-state index is 0.0800. The molecule has 0 atom stereocenters. The lowest BCUT2D eigenvalue weighted by Gasteiger charge is -2.12. The molecule has 2 aromatic rings. The molecule has 0 amide bonds. The number of methoxy groups -OCH3 is 1. The van der Waals surface area contributed by atoms with E-state index in [1.54, 1.807) is 7.11 Å². The summed E-state index contributed by atoms with van der Waals surface area (Å²) in [6.45, 7) is 0. The van der Waals surface area contributed by atoms with Crippen molar-refractivity contribution in [3.8, 4) is 5.88 Å². The molecule has 0 saturated heterocycles. The van der Waals surface area contributed by atoms with Crippen molar-refractivity contribution in [3.63, 3.8) is 0 Å². The average molecular weight is 242 g/mol. The van der Waals surface area contributed by atoms with Gasteiger partial charge in [0.15, 0.2) is 0 Å². The molecule has 2 N–H and O–H groups in total. The number of fused-ring (bicyclic) bond motifs is 1.